The van der Waals surface area contributed by atoms with Crippen molar-refractivity contribution in [1.29, 1.82) is 0 Å². The molecular weight excluding hydrogens is 396 g/mol. The van der Waals surface area contributed by atoms with Gasteiger partial charge in [-0.25, -0.2) is 4.79 Å². The van der Waals surface area contributed by atoms with Gasteiger partial charge in [0.25, 0.3) is 0 Å². The van der Waals surface area contributed by atoms with Gasteiger partial charge >= 0.3 is 12.0 Å². The summed E-state index contributed by atoms with van der Waals surface area (Å²) >= 11 is 0. The second kappa shape index (κ2) is 10.6. The van der Waals surface area contributed by atoms with Crippen LogP contribution >= 0.6 is 0 Å². The van der Waals surface area contributed by atoms with E-state index in [1.807, 2.05) is 0 Å². The summed E-state index contributed by atoms with van der Waals surface area (Å²) in [5.74, 6) is 0.332. The maximum absolute atomic E-state index is 12.8. The maximum atomic E-state index is 12.8. The molecule has 0 N–H and O–H groups in total. The van der Waals surface area contributed by atoms with Gasteiger partial charge in [-0.05, 0) is 18.6 Å². The maximum Gasteiger partial charge on any atom is 0.345 e. The zero-order chi connectivity index (χ0) is 21.3. The summed E-state index contributed by atoms with van der Waals surface area (Å²) in [7, 11) is 4.37. The molecule has 1 aliphatic heterocycles. The Kier molecular flexibility index (Phi) is 7.63. The molecule has 10 heteroatoms. The summed E-state index contributed by atoms with van der Waals surface area (Å²) < 4.78 is 37.6. The van der Waals surface area contributed by atoms with Crippen LogP contribution in [0.15, 0.2) is 24.3 Å². The molecule has 0 saturated carbocycles. The number of aromatic nitrogens is 2. The van der Waals surface area contributed by atoms with Crippen LogP contribution in [-0.4, -0.2) is 63.4 Å². The van der Waals surface area contributed by atoms with Crippen molar-refractivity contribution >= 4 is 5.97 Å². The molecule has 1 aliphatic rings. The first-order valence-corrected chi connectivity index (χ1v) is 9.37. The van der Waals surface area contributed by atoms with E-state index >= 15 is 0 Å². The fourth-order valence-electron chi connectivity index (χ4n) is 2.73. The van der Waals surface area contributed by atoms with E-state index in [4.69, 9.17) is 33.2 Å². The lowest BCUT2D eigenvalue weighted by atomic mass is 10.2. The topological polar surface area (TPSA) is 107 Å². The van der Waals surface area contributed by atoms with Gasteiger partial charge in [0.2, 0.25) is 11.8 Å². The first-order valence-electron chi connectivity index (χ1n) is 9.37. The minimum atomic E-state index is -0.617. The van der Waals surface area contributed by atoms with Crippen molar-refractivity contribution in [1.82, 2.24) is 9.97 Å². The Balaban J connectivity index is 1.76. The third-order valence-corrected chi connectivity index (χ3v) is 4.17. The molecule has 0 bridgehead atoms. The quantitative estimate of drug-likeness (QED) is 0.562. The predicted octanol–water partition coefficient (Wildman–Crippen LogP) is 2.60. The van der Waals surface area contributed by atoms with Gasteiger partial charge in [-0.2, -0.15) is 9.97 Å². The summed E-state index contributed by atoms with van der Waals surface area (Å²) in [5.41, 5.74) is 0.107. The van der Waals surface area contributed by atoms with Crippen LogP contribution in [0.4, 0.5) is 0 Å². The molecule has 1 fully saturated rings. The van der Waals surface area contributed by atoms with E-state index in [9.17, 15) is 4.79 Å². The van der Waals surface area contributed by atoms with Crippen molar-refractivity contribution in [3.63, 3.8) is 0 Å². The van der Waals surface area contributed by atoms with Crippen LogP contribution in [0.25, 0.3) is 0 Å². The molecule has 1 saturated heterocycles. The fourth-order valence-corrected chi connectivity index (χ4v) is 2.73. The second-order valence-electron chi connectivity index (χ2n) is 6.12. The van der Waals surface area contributed by atoms with Gasteiger partial charge in [0.15, 0.2) is 6.29 Å². The van der Waals surface area contributed by atoms with Crippen LogP contribution in [0.3, 0.4) is 0 Å². The second-order valence-corrected chi connectivity index (χ2v) is 6.12. The number of hydrogen-bond acceptors (Lipinski definition) is 10. The highest BCUT2D eigenvalue weighted by molar-refractivity contribution is 5.95. The van der Waals surface area contributed by atoms with Gasteiger partial charge in [0.05, 0.1) is 47.2 Å². The van der Waals surface area contributed by atoms with Crippen LogP contribution in [0, 0.1) is 0 Å². The number of benzene rings is 1. The molecule has 0 amide bonds. The van der Waals surface area contributed by atoms with E-state index in [0.29, 0.717) is 19.6 Å². The normalized spacial score (nSPS) is 14.1. The van der Waals surface area contributed by atoms with Crippen LogP contribution < -0.4 is 18.9 Å². The lowest BCUT2D eigenvalue weighted by Crippen LogP contribution is -2.26. The van der Waals surface area contributed by atoms with E-state index in [2.05, 4.69) is 9.97 Å². The van der Waals surface area contributed by atoms with Crippen molar-refractivity contribution in [2.75, 3.05) is 41.2 Å². The first-order chi connectivity index (χ1) is 14.6. The molecule has 0 unspecified atom stereocenters. The monoisotopic (exact) mass is 420 g/mol. The number of nitrogens with zero attached hydrogens (tertiary/aromatic N) is 2. The third kappa shape index (κ3) is 5.49. The van der Waals surface area contributed by atoms with Crippen molar-refractivity contribution < 1.29 is 38.0 Å². The van der Waals surface area contributed by atoms with Gasteiger partial charge in [-0.15, -0.1) is 0 Å². The number of methoxy groups -OCH3 is 3. The molecule has 0 atom stereocenters. The van der Waals surface area contributed by atoms with Crippen LogP contribution in [0.2, 0.25) is 0 Å². The Morgan fingerprint density at radius 2 is 1.70 bits per heavy atom. The molecule has 1 aromatic heterocycles. The van der Waals surface area contributed by atoms with E-state index < -0.39 is 5.97 Å². The SMILES string of the molecule is COc1cc(OC)nc(Oc2cccc(OC)c2C(=O)OCCC2OCCCO2)n1. The predicted molar refractivity (Wildman–Crippen MR) is 103 cm³/mol. The number of esters is 1. The number of carbonyl (C=O) groups is 1. The molecule has 162 valence electrons. The summed E-state index contributed by atoms with van der Waals surface area (Å²) in [5, 5.41) is 0. The molecule has 3 rings (SSSR count). The minimum absolute atomic E-state index is 0.0579. The van der Waals surface area contributed by atoms with Crippen LogP contribution in [0.5, 0.6) is 29.3 Å². The first kappa shape index (κ1) is 21.6. The minimum Gasteiger partial charge on any atom is -0.496 e. The van der Waals surface area contributed by atoms with E-state index in [0.717, 1.165) is 6.42 Å². The summed E-state index contributed by atoms with van der Waals surface area (Å²) in [6, 6.07) is 6.33. The lowest BCUT2D eigenvalue weighted by Gasteiger charge is -2.23. The Morgan fingerprint density at radius 3 is 2.33 bits per heavy atom. The molecule has 2 heterocycles. The third-order valence-electron chi connectivity index (χ3n) is 4.17. The lowest BCUT2D eigenvalue weighted by molar-refractivity contribution is -0.184. The number of rotatable bonds is 9. The average Bonchev–Trinajstić information content (AvgIpc) is 2.79. The Bertz CT molecular complexity index is 832. The summed E-state index contributed by atoms with van der Waals surface area (Å²) in [6.07, 6.45) is 0.903. The molecule has 0 radical (unpaired) electrons. The van der Waals surface area contributed by atoms with Crippen molar-refractivity contribution in [3.05, 3.63) is 29.8 Å². The van der Waals surface area contributed by atoms with Gasteiger partial charge in [0.1, 0.15) is 17.1 Å². The van der Waals surface area contributed by atoms with Gasteiger partial charge in [0, 0.05) is 6.42 Å². The molecule has 30 heavy (non-hydrogen) atoms. The highest BCUT2D eigenvalue weighted by Crippen LogP contribution is 2.33. The Morgan fingerprint density at radius 1 is 1.03 bits per heavy atom. The molecule has 0 spiro atoms. The fraction of sp³-hybridized carbons (Fsp3) is 0.450. The molecule has 0 aliphatic carbocycles. The molecular formula is C20H24N2O8. The number of hydrogen-bond donors (Lipinski definition) is 0. The molecule has 2 aromatic rings. The zero-order valence-corrected chi connectivity index (χ0v) is 17.1. The van der Waals surface area contributed by atoms with E-state index in [-0.39, 0.29) is 47.7 Å². The standard InChI is InChI=1S/C20H24N2O8/c1-24-13-6-4-7-14(30-20-21-15(25-2)12-16(22-20)26-3)18(13)19(23)29-11-8-17-27-9-5-10-28-17/h4,6-7,12,17H,5,8-11H2,1-3H3. The van der Waals surface area contributed by atoms with Gasteiger partial charge in [-0.1, -0.05) is 6.07 Å². The van der Waals surface area contributed by atoms with Crippen LogP contribution in [-0.2, 0) is 14.2 Å². The highest BCUT2D eigenvalue weighted by Gasteiger charge is 2.23. The summed E-state index contributed by atoms with van der Waals surface area (Å²) in [6.45, 7) is 1.38. The van der Waals surface area contributed by atoms with Gasteiger partial charge in [-0.3, -0.25) is 0 Å². The Labute approximate surface area is 174 Å². The number of ether oxygens (including phenoxy) is 7. The largest absolute Gasteiger partial charge is 0.496 e. The van der Waals surface area contributed by atoms with Crippen LogP contribution in [0.1, 0.15) is 23.2 Å². The van der Waals surface area contributed by atoms with E-state index in [1.165, 1.54) is 27.4 Å². The number of carbonyl (C=O) groups excluding carboxylic acids is 1. The highest BCUT2D eigenvalue weighted by atomic mass is 16.7. The van der Waals surface area contributed by atoms with Gasteiger partial charge < -0.3 is 33.2 Å². The van der Waals surface area contributed by atoms with Crippen molar-refractivity contribution in [3.8, 4) is 29.3 Å². The van der Waals surface area contributed by atoms with Crippen molar-refractivity contribution in [2.24, 2.45) is 0 Å². The summed E-state index contributed by atoms with van der Waals surface area (Å²) in [4.78, 5) is 21.0. The van der Waals surface area contributed by atoms with Crippen molar-refractivity contribution in [2.45, 2.75) is 19.1 Å². The molecule has 1 aromatic carbocycles. The zero-order valence-electron chi connectivity index (χ0n) is 17.1. The molecule has 10 nitrogen and oxygen atoms in total. The smallest absolute Gasteiger partial charge is 0.345 e. The van der Waals surface area contributed by atoms with E-state index in [1.54, 1.807) is 18.2 Å². The Hall–Kier alpha value is -3.11. The average molecular weight is 420 g/mol.